The van der Waals surface area contributed by atoms with E-state index in [0.717, 1.165) is 31.6 Å². The van der Waals surface area contributed by atoms with E-state index in [9.17, 15) is 4.79 Å². The Hall–Kier alpha value is -3.33. The Morgan fingerprint density at radius 3 is 2.95 bits per heavy atom. The molecule has 1 atom stereocenters. The summed E-state index contributed by atoms with van der Waals surface area (Å²) in [5.74, 6) is 3.55. The van der Waals surface area contributed by atoms with Crippen LogP contribution in [0.2, 0.25) is 0 Å². The highest BCUT2D eigenvalue weighted by molar-refractivity contribution is 6.08. The molecule has 2 fully saturated rings. The molecular weight excluding hydrogens is 470 g/mol. The van der Waals surface area contributed by atoms with Gasteiger partial charge in [0, 0.05) is 25.8 Å². The van der Waals surface area contributed by atoms with Gasteiger partial charge in [0.2, 0.25) is 6.79 Å². The van der Waals surface area contributed by atoms with Gasteiger partial charge in [-0.15, -0.1) is 0 Å². The molecule has 1 aliphatic carbocycles. The zero-order valence-electron chi connectivity index (χ0n) is 21.6. The van der Waals surface area contributed by atoms with Gasteiger partial charge in [0.25, 0.3) is 5.91 Å². The molecule has 1 amide bonds. The van der Waals surface area contributed by atoms with Crippen LogP contribution in [0.1, 0.15) is 49.9 Å². The fraction of sp³-hybridized carbons (Fsp3) is 0.536. The molecule has 6 rings (SSSR count). The number of H-pyrrole nitrogens is 1. The summed E-state index contributed by atoms with van der Waals surface area (Å²) in [5, 5.41) is 3.16. The van der Waals surface area contributed by atoms with Crippen molar-refractivity contribution in [2.75, 3.05) is 39.6 Å². The van der Waals surface area contributed by atoms with E-state index in [-0.39, 0.29) is 12.7 Å². The summed E-state index contributed by atoms with van der Waals surface area (Å²) in [4.78, 5) is 28.1. The molecule has 9 nitrogen and oxygen atoms in total. The van der Waals surface area contributed by atoms with Crippen LogP contribution >= 0.6 is 0 Å². The molecule has 0 bridgehead atoms. The van der Waals surface area contributed by atoms with Crippen molar-refractivity contribution in [2.24, 2.45) is 17.8 Å². The summed E-state index contributed by atoms with van der Waals surface area (Å²) in [6, 6.07) is 3.77. The molecular formula is C28H35N5O4. The lowest BCUT2D eigenvalue weighted by molar-refractivity contribution is 0.0930. The fourth-order valence-electron chi connectivity index (χ4n) is 5.43. The van der Waals surface area contributed by atoms with Gasteiger partial charge in [-0.25, -0.2) is 9.97 Å². The van der Waals surface area contributed by atoms with Crippen LogP contribution in [0.15, 0.2) is 24.7 Å². The zero-order chi connectivity index (χ0) is 25.4. The van der Waals surface area contributed by atoms with E-state index in [2.05, 4.69) is 39.0 Å². The number of aromatic amines is 1. The first-order valence-electron chi connectivity index (χ1n) is 13.4. The van der Waals surface area contributed by atoms with Gasteiger partial charge in [-0.3, -0.25) is 4.79 Å². The number of amides is 1. The van der Waals surface area contributed by atoms with E-state index in [1.54, 1.807) is 6.20 Å². The van der Waals surface area contributed by atoms with Crippen LogP contribution in [0.4, 0.5) is 0 Å². The van der Waals surface area contributed by atoms with Crippen molar-refractivity contribution >= 4 is 16.9 Å². The summed E-state index contributed by atoms with van der Waals surface area (Å²) < 4.78 is 17.6. The minimum Gasteiger partial charge on any atom is -0.492 e. The first kappa shape index (κ1) is 24.0. The van der Waals surface area contributed by atoms with Gasteiger partial charge >= 0.3 is 0 Å². The second kappa shape index (κ2) is 10.2. The molecule has 1 saturated carbocycles. The normalized spacial score (nSPS) is 19.5. The van der Waals surface area contributed by atoms with E-state index in [1.807, 2.05) is 12.1 Å². The Bertz CT molecular complexity index is 1290. The van der Waals surface area contributed by atoms with Gasteiger partial charge in [0.1, 0.15) is 23.3 Å². The van der Waals surface area contributed by atoms with Crippen molar-refractivity contribution in [1.29, 1.82) is 0 Å². The van der Waals surface area contributed by atoms with Crippen molar-refractivity contribution in [1.82, 2.24) is 25.2 Å². The smallest absolute Gasteiger partial charge is 0.255 e. The van der Waals surface area contributed by atoms with Crippen LogP contribution in [0.3, 0.4) is 0 Å². The van der Waals surface area contributed by atoms with Crippen molar-refractivity contribution < 1.29 is 19.0 Å². The highest BCUT2D eigenvalue weighted by Crippen LogP contribution is 2.48. The molecule has 0 spiro atoms. The lowest BCUT2D eigenvalue weighted by Gasteiger charge is -2.33. The Balaban J connectivity index is 1.24. The van der Waals surface area contributed by atoms with Gasteiger partial charge in [0.05, 0.1) is 23.3 Å². The molecule has 2 aromatic heterocycles. The number of likely N-dealkylation sites (tertiary alicyclic amines) is 1. The third kappa shape index (κ3) is 5.09. The van der Waals surface area contributed by atoms with Gasteiger partial charge < -0.3 is 29.4 Å². The molecule has 37 heavy (non-hydrogen) atoms. The van der Waals surface area contributed by atoms with Gasteiger partial charge in [-0.05, 0) is 62.1 Å². The average molecular weight is 506 g/mol. The maximum atomic E-state index is 13.2. The van der Waals surface area contributed by atoms with Crippen LogP contribution < -0.4 is 19.5 Å². The van der Waals surface area contributed by atoms with Crippen molar-refractivity contribution in [2.45, 2.75) is 39.5 Å². The number of hydrogen-bond acceptors (Lipinski definition) is 7. The lowest BCUT2D eigenvalue weighted by atomic mass is 9.97. The van der Waals surface area contributed by atoms with E-state index < -0.39 is 0 Å². The van der Waals surface area contributed by atoms with Crippen molar-refractivity contribution in [3.05, 3.63) is 30.2 Å². The number of carbonyl (C=O) groups excluding carboxylic acids is 1. The molecule has 4 heterocycles. The first-order chi connectivity index (χ1) is 18.1. The van der Waals surface area contributed by atoms with Crippen LogP contribution in [-0.4, -0.2) is 65.3 Å². The van der Waals surface area contributed by atoms with Gasteiger partial charge in [-0.1, -0.05) is 13.8 Å². The number of ether oxygens (including phenoxy) is 3. The summed E-state index contributed by atoms with van der Waals surface area (Å²) >= 11 is 0. The molecule has 1 aromatic carbocycles. The number of piperidine rings is 1. The molecule has 3 aromatic rings. The highest BCUT2D eigenvalue weighted by Gasteiger charge is 2.29. The molecule has 0 radical (unpaired) electrons. The minimum atomic E-state index is -0.125. The standard InChI is InChI=1S/C28H35N5O4/c1-17(2)12-33-9-3-4-19(13-33)10-30-28(34)20-11-29-26-24(20)31-15-32-25(26)23-21(35-14-18-5-6-18)7-8-22-27(23)37-16-36-22/h7-8,11,15,17-19,29H,3-6,9-10,12-14,16H2,1-2H3,(H,30,34). The topological polar surface area (TPSA) is 102 Å². The third-order valence-corrected chi connectivity index (χ3v) is 7.39. The predicted molar refractivity (Wildman–Crippen MR) is 140 cm³/mol. The zero-order valence-corrected chi connectivity index (χ0v) is 21.6. The van der Waals surface area contributed by atoms with Gasteiger partial charge in [-0.2, -0.15) is 0 Å². The first-order valence-corrected chi connectivity index (χ1v) is 13.4. The number of carbonyl (C=O) groups is 1. The summed E-state index contributed by atoms with van der Waals surface area (Å²) in [6.45, 7) is 9.27. The number of nitrogens with one attached hydrogen (secondary N) is 2. The summed E-state index contributed by atoms with van der Waals surface area (Å²) in [7, 11) is 0. The van der Waals surface area contributed by atoms with Crippen LogP contribution in [0.25, 0.3) is 22.3 Å². The minimum absolute atomic E-state index is 0.125. The SMILES string of the molecule is CC(C)CN1CCCC(CNC(=O)c2c[nH]c3c(-c4c(OCC5CC5)ccc5c4OCO5)ncnc23)C1. The summed E-state index contributed by atoms with van der Waals surface area (Å²) in [5.41, 5.74) is 3.13. The van der Waals surface area contributed by atoms with E-state index in [1.165, 1.54) is 25.6 Å². The van der Waals surface area contributed by atoms with Crippen LogP contribution in [0, 0.1) is 17.8 Å². The Labute approximate surface area is 216 Å². The Morgan fingerprint density at radius 1 is 1.22 bits per heavy atom. The maximum Gasteiger partial charge on any atom is 0.255 e. The maximum absolute atomic E-state index is 13.2. The molecule has 2 aliphatic heterocycles. The number of hydrogen-bond donors (Lipinski definition) is 2. The molecule has 196 valence electrons. The van der Waals surface area contributed by atoms with E-state index in [0.29, 0.717) is 70.4 Å². The molecule has 9 heteroatoms. The molecule has 1 unspecified atom stereocenters. The average Bonchev–Trinajstić information content (AvgIpc) is 3.41. The quantitative estimate of drug-likeness (QED) is 0.449. The number of nitrogens with zero attached hydrogens (tertiary/aromatic N) is 3. The Morgan fingerprint density at radius 2 is 2.11 bits per heavy atom. The Kier molecular flexibility index (Phi) is 6.63. The van der Waals surface area contributed by atoms with Crippen LogP contribution in [-0.2, 0) is 0 Å². The van der Waals surface area contributed by atoms with E-state index >= 15 is 0 Å². The largest absolute Gasteiger partial charge is 0.492 e. The number of benzene rings is 1. The number of aromatic nitrogens is 3. The predicted octanol–water partition coefficient (Wildman–Crippen LogP) is 4.24. The second-order valence-corrected chi connectivity index (χ2v) is 10.9. The van der Waals surface area contributed by atoms with E-state index in [4.69, 9.17) is 14.2 Å². The fourth-order valence-corrected chi connectivity index (χ4v) is 5.43. The number of rotatable bonds is 9. The monoisotopic (exact) mass is 505 g/mol. The molecule has 1 saturated heterocycles. The highest BCUT2D eigenvalue weighted by atomic mass is 16.7. The molecule has 2 N–H and O–H groups in total. The van der Waals surface area contributed by atoms with Crippen molar-refractivity contribution in [3.63, 3.8) is 0 Å². The number of fused-ring (bicyclic) bond motifs is 2. The third-order valence-electron chi connectivity index (χ3n) is 7.39. The lowest BCUT2D eigenvalue weighted by Crippen LogP contribution is -2.42. The summed E-state index contributed by atoms with van der Waals surface area (Å²) in [6.07, 6.45) is 7.92. The van der Waals surface area contributed by atoms with Gasteiger partial charge in [0.15, 0.2) is 11.5 Å². The molecule has 3 aliphatic rings. The van der Waals surface area contributed by atoms with Crippen molar-refractivity contribution in [3.8, 4) is 28.5 Å². The van der Waals surface area contributed by atoms with Crippen LogP contribution in [0.5, 0.6) is 17.2 Å². The second-order valence-electron chi connectivity index (χ2n) is 10.9.